The first-order chi connectivity index (χ1) is 12.2. The van der Waals surface area contributed by atoms with Gasteiger partial charge in [-0.3, -0.25) is 4.79 Å². The van der Waals surface area contributed by atoms with Crippen LogP contribution in [0.1, 0.15) is 17.7 Å². The van der Waals surface area contributed by atoms with Crippen molar-refractivity contribution in [3.63, 3.8) is 0 Å². The normalized spacial score (nSPS) is 17.7. The average molecular weight is 360 g/mol. The number of hydrogen-bond acceptors (Lipinski definition) is 5. The van der Waals surface area contributed by atoms with E-state index in [0.29, 0.717) is 32.8 Å². The average Bonchev–Trinajstić information content (AvgIpc) is 3.09. The van der Waals surface area contributed by atoms with E-state index in [1.54, 1.807) is 18.4 Å². The Morgan fingerprint density at radius 2 is 2.20 bits per heavy atom. The van der Waals surface area contributed by atoms with E-state index in [1.165, 1.54) is 5.56 Å². The van der Waals surface area contributed by atoms with Gasteiger partial charge in [0.25, 0.3) is 0 Å². The summed E-state index contributed by atoms with van der Waals surface area (Å²) >= 11 is 1.59. The van der Waals surface area contributed by atoms with Crippen LogP contribution in [0.2, 0.25) is 0 Å². The van der Waals surface area contributed by atoms with Crippen LogP contribution in [0, 0.1) is 6.92 Å². The highest BCUT2D eigenvalue weighted by Gasteiger charge is 2.27. The van der Waals surface area contributed by atoms with Crippen molar-refractivity contribution < 1.29 is 14.3 Å². The molecule has 0 N–H and O–H groups in total. The SMILES string of the molecule is COCC[C@H]1COCCN1C(=O)Cc1csc(-c2ccc(C)cc2)n1. The lowest BCUT2D eigenvalue weighted by Crippen LogP contribution is -2.49. The van der Waals surface area contributed by atoms with Crippen LogP contribution in [0.5, 0.6) is 0 Å². The molecule has 0 bridgehead atoms. The highest BCUT2D eigenvalue weighted by molar-refractivity contribution is 7.13. The third-order valence-corrected chi connectivity index (χ3v) is 5.33. The number of hydrogen-bond donors (Lipinski definition) is 0. The van der Waals surface area contributed by atoms with Crippen LogP contribution >= 0.6 is 11.3 Å². The van der Waals surface area contributed by atoms with Crippen molar-refractivity contribution in [2.75, 3.05) is 33.5 Å². The molecule has 0 radical (unpaired) electrons. The number of benzene rings is 1. The van der Waals surface area contributed by atoms with Crippen LogP contribution in [-0.2, 0) is 20.7 Å². The number of carbonyl (C=O) groups excluding carboxylic acids is 1. The van der Waals surface area contributed by atoms with Crippen molar-refractivity contribution in [2.24, 2.45) is 0 Å². The van der Waals surface area contributed by atoms with Crippen molar-refractivity contribution in [2.45, 2.75) is 25.8 Å². The Morgan fingerprint density at radius 1 is 1.40 bits per heavy atom. The summed E-state index contributed by atoms with van der Waals surface area (Å²) < 4.78 is 10.7. The molecule has 1 fully saturated rings. The molecule has 0 aliphatic carbocycles. The first-order valence-corrected chi connectivity index (χ1v) is 9.43. The van der Waals surface area contributed by atoms with E-state index >= 15 is 0 Å². The minimum Gasteiger partial charge on any atom is -0.385 e. The van der Waals surface area contributed by atoms with Crippen LogP contribution < -0.4 is 0 Å². The van der Waals surface area contributed by atoms with E-state index in [9.17, 15) is 4.79 Å². The van der Waals surface area contributed by atoms with Gasteiger partial charge in [0.05, 0.1) is 31.4 Å². The summed E-state index contributed by atoms with van der Waals surface area (Å²) in [5.74, 6) is 0.116. The van der Waals surface area contributed by atoms with Crippen LogP contribution in [0.25, 0.3) is 10.6 Å². The summed E-state index contributed by atoms with van der Waals surface area (Å²) in [6, 6.07) is 8.40. The molecule has 2 aromatic rings. The summed E-state index contributed by atoms with van der Waals surface area (Å²) in [5, 5.41) is 2.94. The Hall–Kier alpha value is -1.76. The predicted molar refractivity (Wildman–Crippen MR) is 98.8 cm³/mol. The summed E-state index contributed by atoms with van der Waals surface area (Å²) in [6.45, 7) is 4.52. The van der Waals surface area contributed by atoms with E-state index in [4.69, 9.17) is 9.47 Å². The van der Waals surface area contributed by atoms with Gasteiger partial charge in [-0.15, -0.1) is 11.3 Å². The third kappa shape index (κ3) is 4.66. The summed E-state index contributed by atoms with van der Waals surface area (Å²) in [5.41, 5.74) is 3.16. The molecule has 5 nitrogen and oxygen atoms in total. The number of morpholine rings is 1. The number of ether oxygens (including phenoxy) is 2. The van der Waals surface area contributed by atoms with E-state index in [0.717, 1.165) is 22.7 Å². The number of carbonyl (C=O) groups is 1. The molecule has 25 heavy (non-hydrogen) atoms. The van der Waals surface area contributed by atoms with Gasteiger partial charge in [0.1, 0.15) is 5.01 Å². The van der Waals surface area contributed by atoms with Crippen LogP contribution in [0.4, 0.5) is 0 Å². The Morgan fingerprint density at radius 3 is 2.96 bits per heavy atom. The molecule has 1 amide bonds. The zero-order valence-electron chi connectivity index (χ0n) is 14.7. The number of nitrogens with zero attached hydrogens (tertiary/aromatic N) is 2. The Balaban J connectivity index is 1.65. The molecule has 1 atom stereocenters. The van der Waals surface area contributed by atoms with Crippen molar-refractivity contribution in [3.05, 3.63) is 40.9 Å². The minimum absolute atomic E-state index is 0.0939. The van der Waals surface area contributed by atoms with Crippen LogP contribution in [-0.4, -0.2) is 55.3 Å². The van der Waals surface area contributed by atoms with Gasteiger partial charge in [-0.1, -0.05) is 29.8 Å². The Kier molecular flexibility index (Phi) is 6.18. The second-order valence-electron chi connectivity index (χ2n) is 6.28. The molecule has 134 valence electrons. The fraction of sp³-hybridized carbons (Fsp3) is 0.474. The Labute approximate surface area is 152 Å². The lowest BCUT2D eigenvalue weighted by atomic mass is 10.1. The number of rotatable bonds is 6. The maximum absolute atomic E-state index is 12.7. The highest BCUT2D eigenvalue weighted by Crippen LogP contribution is 2.24. The smallest absolute Gasteiger partial charge is 0.229 e. The third-order valence-electron chi connectivity index (χ3n) is 4.39. The fourth-order valence-corrected chi connectivity index (χ4v) is 3.78. The summed E-state index contributed by atoms with van der Waals surface area (Å²) in [4.78, 5) is 19.3. The van der Waals surface area contributed by atoms with Crippen molar-refractivity contribution >= 4 is 17.2 Å². The largest absolute Gasteiger partial charge is 0.385 e. The Bertz CT molecular complexity index is 699. The van der Waals surface area contributed by atoms with Crippen molar-refractivity contribution in [1.82, 2.24) is 9.88 Å². The predicted octanol–water partition coefficient (Wildman–Crippen LogP) is 2.92. The molecular weight excluding hydrogens is 336 g/mol. The zero-order chi connectivity index (χ0) is 17.6. The summed E-state index contributed by atoms with van der Waals surface area (Å²) in [7, 11) is 1.68. The molecule has 0 spiro atoms. The van der Waals surface area contributed by atoms with Gasteiger partial charge in [0.2, 0.25) is 5.91 Å². The highest BCUT2D eigenvalue weighted by atomic mass is 32.1. The van der Waals surface area contributed by atoms with Crippen LogP contribution in [0.3, 0.4) is 0 Å². The molecule has 6 heteroatoms. The van der Waals surface area contributed by atoms with Gasteiger partial charge in [0, 0.05) is 31.2 Å². The van der Waals surface area contributed by atoms with Gasteiger partial charge in [-0.2, -0.15) is 0 Å². The molecular formula is C19H24N2O3S. The first kappa shape index (κ1) is 18.0. The van der Waals surface area contributed by atoms with Crippen molar-refractivity contribution in [1.29, 1.82) is 0 Å². The van der Waals surface area contributed by atoms with Crippen molar-refractivity contribution in [3.8, 4) is 10.6 Å². The molecule has 3 rings (SSSR count). The van der Waals surface area contributed by atoms with Gasteiger partial charge < -0.3 is 14.4 Å². The monoisotopic (exact) mass is 360 g/mol. The number of aromatic nitrogens is 1. The maximum Gasteiger partial charge on any atom is 0.229 e. The second-order valence-corrected chi connectivity index (χ2v) is 7.14. The fourth-order valence-electron chi connectivity index (χ4n) is 2.95. The van der Waals surface area contributed by atoms with E-state index in [-0.39, 0.29) is 11.9 Å². The minimum atomic E-state index is 0.0939. The second kappa shape index (κ2) is 8.56. The summed E-state index contributed by atoms with van der Waals surface area (Å²) in [6.07, 6.45) is 1.14. The van der Waals surface area contributed by atoms with E-state index in [1.807, 2.05) is 10.3 Å². The topological polar surface area (TPSA) is 51.7 Å². The lowest BCUT2D eigenvalue weighted by Gasteiger charge is -2.35. The maximum atomic E-state index is 12.7. The standard InChI is InChI=1S/C19H24N2O3S/c1-14-3-5-15(6-4-14)19-20-16(13-25-19)11-18(22)21-8-10-24-12-17(21)7-9-23-2/h3-6,13,17H,7-12H2,1-2H3/t17-/m0/s1. The molecule has 1 aromatic carbocycles. The van der Waals surface area contributed by atoms with Gasteiger partial charge in [0.15, 0.2) is 0 Å². The number of methoxy groups -OCH3 is 1. The lowest BCUT2D eigenvalue weighted by molar-refractivity contribution is -0.139. The molecule has 1 aliphatic rings. The number of thiazole rings is 1. The van der Waals surface area contributed by atoms with Gasteiger partial charge >= 0.3 is 0 Å². The number of aryl methyl sites for hydroxylation is 1. The molecule has 2 heterocycles. The quantitative estimate of drug-likeness (QED) is 0.795. The van der Waals surface area contributed by atoms with E-state index in [2.05, 4.69) is 36.2 Å². The molecule has 0 saturated carbocycles. The molecule has 1 aliphatic heterocycles. The number of amides is 1. The van der Waals surface area contributed by atoms with E-state index < -0.39 is 0 Å². The molecule has 1 saturated heterocycles. The van der Waals surface area contributed by atoms with Gasteiger partial charge in [-0.05, 0) is 13.3 Å². The van der Waals surface area contributed by atoms with Gasteiger partial charge in [-0.25, -0.2) is 4.98 Å². The molecule has 0 unspecified atom stereocenters. The molecule has 1 aromatic heterocycles. The first-order valence-electron chi connectivity index (χ1n) is 8.55. The zero-order valence-corrected chi connectivity index (χ0v) is 15.6. The van der Waals surface area contributed by atoms with Crippen LogP contribution in [0.15, 0.2) is 29.6 Å².